The van der Waals surface area contributed by atoms with Crippen molar-refractivity contribution in [3.05, 3.63) is 69.4 Å². The van der Waals surface area contributed by atoms with Crippen molar-refractivity contribution in [3.8, 4) is 0 Å². The Hall–Kier alpha value is -1.23. The molecule has 0 spiro atoms. The van der Waals surface area contributed by atoms with Crippen molar-refractivity contribution in [2.24, 2.45) is 5.84 Å². The van der Waals surface area contributed by atoms with Crippen LogP contribution in [0.1, 0.15) is 22.7 Å². The highest BCUT2D eigenvalue weighted by Gasteiger charge is 2.13. The molecule has 0 aliphatic heterocycles. The molecule has 2 nitrogen and oxygen atoms in total. The second-order valence-corrected chi connectivity index (χ2v) is 5.38. The number of rotatable bonds is 4. The van der Waals surface area contributed by atoms with Crippen LogP contribution in [0.4, 0.5) is 4.39 Å². The zero-order chi connectivity index (χ0) is 13.8. The van der Waals surface area contributed by atoms with Crippen molar-refractivity contribution in [3.63, 3.8) is 0 Å². The summed E-state index contributed by atoms with van der Waals surface area (Å²) in [4.78, 5) is 0. The number of benzene rings is 2. The van der Waals surface area contributed by atoms with Crippen molar-refractivity contribution in [2.75, 3.05) is 0 Å². The second kappa shape index (κ2) is 6.28. The van der Waals surface area contributed by atoms with Gasteiger partial charge in [-0.2, -0.15) is 0 Å². The molecule has 2 aromatic carbocycles. The highest BCUT2D eigenvalue weighted by atomic mass is 79.9. The van der Waals surface area contributed by atoms with Gasteiger partial charge in [0.2, 0.25) is 0 Å². The zero-order valence-corrected chi connectivity index (χ0v) is 12.2. The van der Waals surface area contributed by atoms with Crippen LogP contribution in [0.3, 0.4) is 0 Å². The van der Waals surface area contributed by atoms with Crippen molar-refractivity contribution < 1.29 is 4.39 Å². The van der Waals surface area contributed by atoms with Crippen molar-refractivity contribution >= 4 is 15.9 Å². The zero-order valence-electron chi connectivity index (χ0n) is 10.7. The third-order valence-electron chi connectivity index (χ3n) is 3.17. The Morgan fingerprint density at radius 2 is 2.00 bits per heavy atom. The molecule has 0 radical (unpaired) electrons. The summed E-state index contributed by atoms with van der Waals surface area (Å²) in [6.45, 7) is 1.75. The quantitative estimate of drug-likeness (QED) is 0.666. The number of hydrogen-bond donors (Lipinski definition) is 2. The first-order valence-electron chi connectivity index (χ1n) is 6.07. The third kappa shape index (κ3) is 3.41. The summed E-state index contributed by atoms with van der Waals surface area (Å²) in [6.07, 6.45) is 0.739. The smallest absolute Gasteiger partial charge is 0.126 e. The van der Waals surface area contributed by atoms with Gasteiger partial charge in [-0.1, -0.05) is 46.3 Å². The van der Waals surface area contributed by atoms with Crippen LogP contribution >= 0.6 is 15.9 Å². The number of halogens is 2. The molecule has 0 heterocycles. The van der Waals surface area contributed by atoms with Crippen molar-refractivity contribution in [1.29, 1.82) is 0 Å². The molecule has 3 N–H and O–H groups in total. The Bertz CT molecular complexity index is 572. The molecule has 0 fully saturated rings. The Morgan fingerprint density at radius 1 is 1.26 bits per heavy atom. The van der Waals surface area contributed by atoms with Crippen LogP contribution in [-0.4, -0.2) is 0 Å². The molecule has 0 aliphatic rings. The number of hydrazine groups is 1. The number of hydrogen-bond acceptors (Lipinski definition) is 2. The van der Waals surface area contributed by atoms with Crippen LogP contribution in [0.25, 0.3) is 0 Å². The average molecular weight is 323 g/mol. The first-order chi connectivity index (χ1) is 9.11. The lowest BCUT2D eigenvalue weighted by atomic mass is 9.98. The average Bonchev–Trinajstić information content (AvgIpc) is 2.41. The van der Waals surface area contributed by atoms with Gasteiger partial charge in [0, 0.05) is 4.47 Å². The molecule has 19 heavy (non-hydrogen) atoms. The molecule has 100 valence electrons. The van der Waals surface area contributed by atoms with Crippen molar-refractivity contribution in [1.82, 2.24) is 5.43 Å². The lowest BCUT2D eigenvalue weighted by molar-refractivity contribution is 0.547. The van der Waals surface area contributed by atoms with Gasteiger partial charge >= 0.3 is 0 Å². The van der Waals surface area contributed by atoms with Gasteiger partial charge in [-0.25, -0.2) is 4.39 Å². The SMILES string of the molecule is Cc1cc(C(Cc2ccccc2Br)NN)ccc1F. The van der Waals surface area contributed by atoms with Gasteiger partial charge < -0.3 is 0 Å². The largest absolute Gasteiger partial charge is 0.271 e. The maximum atomic E-state index is 13.3. The highest BCUT2D eigenvalue weighted by Crippen LogP contribution is 2.24. The van der Waals surface area contributed by atoms with E-state index in [1.165, 1.54) is 6.07 Å². The van der Waals surface area contributed by atoms with E-state index in [-0.39, 0.29) is 11.9 Å². The molecule has 1 atom stereocenters. The fraction of sp³-hybridized carbons (Fsp3) is 0.200. The predicted molar refractivity (Wildman–Crippen MR) is 79.0 cm³/mol. The Kier molecular flexibility index (Phi) is 4.69. The summed E-state index contributed by atoms with van der Waals surface area (Å²) < 4.78 is 14.3. The Balaban J connectivity index is 2.25. The Labute approximate surface area is 120 Å². The van der Waals surface area contributed by atoms with Crippen LogP contribution < -0.4 is 11.3 Å². The van der Waals surface area contributed by atoms with Gasteiger partial charge in [0.05, 0.1) is 6.04 Å². The van der Waals surface area contributed by atoms with E-state index in [1.807, 2.05) is 30.3 Å². The van der Waals surface area contributed by atoms with E-state index in [1.54, 1.807) is 13.0 Å². The van der Waals surface area contributed by atoms with Crippen LogP contribution in [0, 0.1) is 12.7 Å². The molecule has 4 heteroatoms. The standard InChI is InChI=1S/C15H16BrFN2/c1-10-8-12(6-7-14(10)17)15(19-18)9-11-4-2-3-5-13(11)16/h2-8,15,19H,9,18H2,1H3. The van der Waals surface area contributed by atoms with Gasteiger partial charge in [-0.05, 0) is 42.2 Å². The van der Waals surface area contributed by atoms with E-state index in [0.29, 0.717) is 5.56 Å². The van der Waals surface area contributed by atoms with Gasteiger partial charge in [0.15, 0.2) is 0 Å². The van der Waals surface area contributed by atoms with Crippen LogP contribution in [0.5, 0.6) is 0 Å². The summed E-state index contributed by atoms with van der Waals surface area (Å²) in [5.74, 6) is 5.44. The lowest BCUT2D eigenvalue weighted by Crippen LogP contribution is -2.29. The fourth-order valence-electron chi connectivity index (χ4n) is 2.04. The number of aryl methyl sites for hydroxylation is 1. The maximum absolute atomic E-state index is 13.3. The van der Waals surface area contributed by atoms with E-state index >= 15 is 0 Å². The van der Waals surface area contributed by atoms with Crippen LogP contribution in [-0.2, 0) is 6.42 Å². The highest BCUT2D eigenvalue weighted by molar-refractivity contribution is 9.10. The summed E-state index contributed by atoms with van der Waals surface area (Å²) in [5, 5.41) is 0. The monoisotopic (exact) mass is 322 g/mol. The van der Waals surface area contributed by atoms with Crippen LogP contribution in [0.2, 0.25) is 0 Å². The minimum Gasteiger partial charge on any atom is -0.271 e. The maximum Gasteiger partial charge on any atom is 0.126 e. The van der Waals surface area contributed by atoms with E-state index in [9.17, 15) is 4.39 Å². The fourth-order valence-corrected chi connectivity index (χ4v) is 2.49. The third-order valence-corrected chi connectivity index (χ3v) is 3.94. The molecule has 0 saturated heterocycles. The van der Waals surface area contributed by atoms with Gasteiger partial charge in [0.1, 0.15) is 5.82 Å². The minimum atomic E-state index is -0.194. The van der Waals surface area contributed by atoms with E-state index in [0.717, 1.165) is 22.0 Å². The molecule has 0 bridgehead atoms. The van der Waals surface area contributed by atoms with Gasteiger partial charge in [-0.3, -0.25) is 11.3 Å². The van der Waals surface area contributed by atoms with E-state index < -0.39 is 0 Å². The molecular weight excluding hydrogens is 307 g/mol. The normalized spacial score (nSPS) is 12.4. The first kappa shape index (κ1) is 14.2. The molecule has 0 amide bonds. The number of nitrogens with two attached hydrogens (primary N) is 1. The minimum absolute atomic E-state index is 0.0435. The first-order valence-corrected chi connectivity index (χ1v) is 6.86. The summed E-state index contributed by atoms with van der Waals surface area (Å²) in [5.41, 5.74) is 5.57. The molecule has 0 saturated carbocycles. The second-order valence-electron chi connectivity index (χ2n) is 4.52. The topological polar surface area (TPSA) is 38.0 Å². The molecule has 1 unspecified atom stereocenters. The van der Waals surface area contributed by atoms with E-state index in [2.05, 4.69) is 21.4 Å². The summed E-state index contributed by atoms with van der Waals surface area (Å²) >= 11 is 3.52. The van der Waals surface area contributed by atoms with Gasteiger partial charge in [-0.15, -0.1) is 0 Å². The lowest BCUT2D eigenvalue weighted by Gasteiger charge is -2.18. The number of nitrogens with one attached hydrogen (secondary N) is 1. The van der Waals surface area contributed by atoms with E-state index in [4.69, 9.17) is 5.84 Å². The molecule has 2 rings (SSSR count). The molecule has 0 aromatic heterocycles. The molecular formula is C15H16BrFN2. The Morgan fingerprint density at radius 3 is 2.63 bits per heavy atom. The molecule has 2 aromatic rings. The summed E-state index contributed by atoms with van der Waals surface area (Å²) in [6, 6.07) is 13.0. The predicted octanol–water partition coefficient (Wildman–Crippen LogP) is 3.64. The van der Waals surface area contributed by atoms with Crippen molar-refractivity contribution in [2.45, 2.75) is 19.4 Å². The van der Waals surface area contributed by atoms with Crippen LogP contribution in [0.15, 0.2) is 46.9 Å². The summed E-state index contributed by atoms with van der Waals surface area (Å²) in [7, 11) is 0. The molecule has 0 aliphatic carbocycles. The van der Waals surface area contributed by atoms with Gasteiger partial charge in [0.25, 0.3) is 0 Å².